The Labute approximate surface area is 167 Å². The van der Waals surface area contributed by atoms with Crippen LogP contribution in [0.3, 0.4) is 0 Å². The molecule has 3 N–H and O–H groups in total. The Morgan fingerprint density at radius 3 is 2.78 bits per heavy atom. The summed E-state index contributed by atoms with van der Waals surface area (Å²) in [5, 5.41) is 3.55. The van der Waals surface area contributed by atoms with Crippen molar-refractivity contribution in [1.82, 2.24) is 4.90 Å². The molecule has 0 spiro atoms. The second kappa shape index (κ2) is 8.78. The predicted molar refractivity (Wildman–Crippen MR) is 112 cm³/mol. The molecule has 1 aliphatic heterocycles. The summed E-state index contributed by atoms with van der Waals surface area (Å²) in [5.41, 5.74) is 6.61. The molecule has 0 radical (unpaired) electrons. The second-order valence-electron chi connectivity index (χ2n) is 8.71. The molecule has 1 saturated carbocycles. The highest BCUT2D eigenvalue weighted by Crippen LogP contribution is 2.35. The number of guanidine groups is 1. The molecular formula is C21H32ClFN4. The van der Waals surface area contributed by atoms with Gasteiger partial charge in [-0.25, -0.2) is 4.39 Å². The number of hydrogen-bond donors (Lipinski definition) is 2. The zero-order chi connectivity index (χ0) is 19.4. The van der Waals surface area contributed by atoms with Crippen molar-refractivity contribution in [1.29, 1.82) is 0 Å². The van der Waals surface area contributed by atoms with Crippen molar-refractivity contribution in [2.45, 2.75) is 58.4 Å². The van der Waals surface area contributed by atoms with E-state index in [1.165, 1.54) is 44.6 Å². The molecule has 4 nitrogen and oxygen atoms in total. The van der Waals surface area contributed by atoms with Crippen LogP contribution >= 0.6 is 11.6 Å². The SMILES string of the molecule is CC(C)(CN)CN=C(Nc1ccc(F)c(Cl)c1)N1CCCC2CCCCC21. The standard InChI is InChI=1S/C21H32ClFN4/c1-21(2,13-24)14-25-20(26-16-9-10-18(23)17(22)12-16)27-11-5-7-15-6-3-4-8-19(15)27/h9-10,12,15,19H,3-8,11,13-14,24H2,1-2H3,(H,25,26). The van der Waals surface area contributed by atoms with E-state index in [1.54, 1.807) is 12.1 Å². The first kappa shape index (κ1) is 20.4. The molecule has 0 bridgehead atoms. The average Bonchev–Trinajstić information content (AvgIpc) is 2.67. The van der Waals surface area contributed by atoms with Gasteiger partial charge < -0.3 is 16.0 Å². The van der Waals surface area contributed by atoms with E-state index in [4.69, 9.17) is 22.3 Å². The van der Waals surface area contributed by atoms with E-state index < -0.39 is 5.82 Å². The Kier molecular flexibility index (Phi) is 6.64. The molecule has 2 fully saturated rings. The van der Waals surface area contributed by atoms with Crippen LogP contribution in [0.5, 0.6) is 0 Å². The molecule has 1 saturated heterocycles. The molecule has 2 unspecified atom stereocenters. The minimum absolute atomic E-state index is 0.0604. The molecule has 6 heteroatoms. The number of hydrogen-bond acceptors (Lipinski definition) is 2. The van der Waals surface area contributed by atoms with Gasteiger partial charge in [-0.3, -0.25) is 4.99 Å². The van der Waals surface area contributed by atoms with E-state index >= 15 is 0 Å². The van der Waals surface area contributed by atoms with E-state index in [2.05, 4.69) is 24.1 Å². The normalized spacial score (nSPS) is 23.9. The van der Waals surface area contributed by atoms with Crippen LogP contribution in [-0.4, -0.2) is 36.5 Å². The molecule has 3 rings (SSSR count). The summed E-state index contributed by atoms with van der Waals surface area (Å²) in [4.78, 5) is 7.38. The van der Waals surface area contributed by atoms with Gasteiger partial charge in [0, 0.05) is 24.8 Å². The topological polar surface area (TPSA) is 53.6 Å². The first-order chi connectivity index (χ1) is 12.9. The van der Waals surface area contributed by atoms with E-state index in [1.807, 2.05) is 0 Å². The van der Waals surface area contributed by atoms with Crippen LogP contribution in [0.15, 0.2) is 23.2 Å². The summed E-state index contributed by atoms with van der Waals surface area (Å²) in [6.07, 6.45) is 7.64. The fourth-order valence-corrected chi connectivity index (χ4v) is 4.33. The third kappa shape index (κ3) is 5.14. The lowest BCUT2D eigenvalue weighted by atomic mass is 9.78. The molecule has 0 amide bonds. The number of anilines is 1. The summed E-state index contributed by atoms with van der Waals surface area (Å²) >= 11 is 5.98. The Morgan fingerprint density at radius 1 is 1.30 bits per heavy atom. The molecule has 1 aliphatic carbocycles. The van der Waals surface area contributed by atoms with Crippen molar-refractivity contribution in [2.75, 3.05) is 25.0 Å². The van der Waals surface area contributed by atoms with Gasteiger partial charge in [-0.05, 0) is 61.8 Å². The fraction of sp³-hybridized carbons (Fsp3) is 0.667. The molecule has 150 valence electrons. The Morgan fingerprint density at radius 2 is 2.04 bits per heavy atom. The number of aliphatic imine (C=N–C) groups is 1. The minimum Gasteiger partial charge on any atom is -0.339 e. The molecule has 1 aromatic rings. The van der Waals surface area contributed by atoms with Gasteiger partial charge in [0.05, 0.1) is 5.02 Å². The van der Waals surface area contributed by atoms with Gasteiger partial charge in [-0.1, -0.05) is 38.3 Å². The first-order valence-corrected chi connectivity index (χ1v) is 10.5. The van der Waals surface area contributed by atoms with Gasteiger partial charge in [0.15, 0.2) is 5.96 Å². The van der Waals surface area contributed by atoms with Crippen LogP contribution in [-0.2, 0) is 0 Å². The highest BCUT2D eigenvalue weighted by Gasteiger charge is 2.35. The van der Waals surface area contributed by atoms with E-state index in [0.29, 0.717) is 19.1 Å². The quantitative estimate of drug-likeness (QED) is 0.564. The number of likely N-dealkylation sites (tertiary alicyclic amines) is 1. The van der Waals surface area contributed by atoms with E-state index in [-0.39, 0.29) is 10.4 Å². The fourth-order valence-electron chi connectivity index (χ4n) is 4.15. The van der Waals surface area contributed by atoms with Gasteiger partial charge in [0.2, 0.25) is 0 Å². The predicted octanol–water partition coefficient (Wildman–Crippen LogP) is 4.89. The highest BCUT2D eigenvalue weighted by molar-refractivity contribution is 6.31. The minimum atomic E-state index is -0.407. The van der Waals surface area contributed by atoms with Crippen LogP contribution in [0.4, 0.5) is 10.1 Å². The zero-order valence-corrected chi connectivity index (χ0v) is 17.2. The maximum Gasteiger partial charge on any atom is 0.198 e. The Hall–Kier alpha value is -1.33. The lowest BCUT2D eigenvalue weighted by molar-refractivity contribution is 0.119. The third-order valence-electron chi connectivity index (χ3n) is 5.90. The molecule has 1 heterocycles. The molecule has 1 aromatic carbocycles. The zero-order valence-electron chi connectivity index (χ0n) is 16.5. The average molecular weight is 395 g/mol. The molecule has 2 atom stereocenters. The van der Waals surface area contributed by atoms with E-state index in [0.717, 1.165) is 24.1 Å². The van der Waals surface area contributed by atoms with Crippen LogP contribution in [0.25, 0.3) is 0 Å². The highest BCUT2D eigenvalue weighted by atomic mass is 35.5. The molecule has 0 aromatic heterocycles. The lowest BCUT2D eigenvalue weighted by Crippen LogP contribution is -2.52. The smallest absolute Gasteiger partial charge is 0.198 e. The monoisotopic (exact) mass is 394 g/mol. The van der Waals surface area contributed by atoms with Crippen molar-refractivity contribution in [2.24, 2.45) is 22.1 Å². The number of nitrogens with one attached hydrogen (secondary N) is 1. The van der Waals surface area contributed by atoms with Gasteiger partial charge in [-0.2, -0.15) is 0 Å². The summed E-state index contributed by atoms with van der Waals surface area (Å²) in [6.45, 7) is 6.49. The largest absolute Gasteiger partial charge is 0.339 e. The maximum absolute atomic E-state index is 13.5. The number of halogens is 2. The maximum atomic E-state index is 13.5. The molecular weight excluding hydrogens is 363 g/mol. The van der Waals surface area contributed by atoms with Crippen LogP contribution < -0.4 is 11.1 Å². The van der Waals surface area contributed by atoms with Crippen molar-refractivity contribution < 1.29 is 4.39 Å². The van der Waals surface area contributed by atoms with Crippen molar-refractivity contribution in [3.05, 3.63) is 29.0 Å². The Bertz CT molecular complexity index is 674. The number of nitrogens with two attached hydrogens (primary N) is 1. The van der Waals surface area contributed by atoms with Crippen LogP contribution in [0.2, 0.25) is 5.02 Å². The van der Waals surface area contributed by atoms with Crippen LogP contribution in [0, 0.1) is 17.2 Å². The summed E-state index contributed by atoms with van der Waals surface area (Å²) in [6, 6.07) is 5.28. The number of nitrogens with zero attached hydrogens (tertiary/aromatic N) is 2. The number of benzene rings is 1. The number of piperidine rings is 1. The second-order valence-corrected chi connectivity index (χ2v) is 9.12. The van der Waals surface area contributed by atoms with Crippen molar-refractivity contribution >= 4 is 23.2 Å². The van der Waals surface area contributed by atoms with Gasteiger partial charge in [0.1, 0.15) is 5.82 Å². The van der Waals surface area contributed by atoms with Gasteiger partial charge in [-0.15, -0.1) is 0 Å². The third-order valence-corrected chi connectivity index (χ3v) is 6.19. The summed E-state index contributed by atoms with van der Waals surface area (Å²) in [7, 11) is 0. The van der Waals surface area contributed by atoms with Crippen molar-refractivity contribution in [3.63, 3.8) is 0 Å². The van der Waals surface area contributed by atoms with Gasteiger partial charge in [0.25, 0.3) is 0 Å². The number of fused-ring (bicyclic) bond motifs is 1. The summed E-state index contributed by atoms with van der Waals surface area (Å²) in [5.74, 6) is 1.21. The lowest BCUT2D eigenvalue weighted by Gasteiger charge is -2.45. The van der Waals surface area contributed by atoms with Crippen LogP contribution in [0.1, 0.15) is 52.4 Å². The summed E-state index contributed by atoms with van der Waals surface area (Å²) < 4.78 is 13.5. The Balaban J connectivity index is 1.86. The van der Waals surface area contributed by atoms with Gasteiger partial charge >= 0.3 is 0 Å². The number of rotatable bonds is 4. The molecule has 2 aliphatic rings. The first-order valence-electron chi connectivity index (χ1n) is 10.1. The molecule has 27 heavy (non-hydrogen) atoms. The van der Waals surface area contributed by atoms with E-state index in [9.17, 15) is 4.39 Å². The van der Waals surface area contributed by atoms with Crippen molar-refractivity contribution in [3.8, 4) is 0 Å².